The number of nitrogens with two attached hydrogens (primary N) is 1. The number of pyridine rings is 1. The zero-order valence-electron chi connectivity index (χ0n) is 9.58. The fourth-order valence-electron chi connectivity index (χ4n) is 1.24. The largest absolute Gasteiger partial charge is 0.307 e. The third-order valence-corrected chi connectivity index (χ3v) is 4.63. The molecular weight excluding hydrogens is 356 g/mol. The number of halogens is 1. The quantitative estimate of drug-likeness (QED) is 0.547. The van der Waals surface area contributed by atoms with Gasteiger partial charge in [0.25, 0.3) is 10.0 Å². The molecule has 4 N–H and O–H groups in total. The van der Waals surface area contributed by atoms with E-state index in [1.165, 1.54) is 12.3 Å². The van der Waals surface area contributed by atoms with Gasteiger partial charge in [0.05, 0.1) is 0 Å². The van der Waals surface area contributed by atoms with Crippen molar-refractivity contribution in [3.63, 3.8) is 0 Å². The number of nitrogens with one attached hydrogen (secondary N) is 2. The van der Waals surface area contributed by atoms with Crippen LogP contribution in [0.1, 0.15) is 5.82 Å². The van der Waals surface area contributed by atoms with E-state index >= 15 is 0 Å². The van der Waals surface area contributed by atoms with Gasteiger partial charge in [-0.2, -0.15) is 4.37 Å². The first kappa shape index (κ1) is 14.1. The van der Waals surface area contributed by atoms with Gasteiger partial charge in [0, 0.05) is 22.2 Å². The van der Waals surface area contributed by atoms with Crippen molar-refractivity contribution in [3.8, 4) is 0 Å². The van der Waals surface area contributed by atoms with E-state index in [2.05, 4.69) is 40.4 Å². The van der Waals surface area contributed by atoms with Crippen molar-refractivity contribution >= 4 is 48.4 Å². The van der Waals surface area contributed by atoms with Crippen LogP contribution in [0.4, 0.5) is 10.9 Å². The molecule has 0 amide bonds. The van der Waals surface area contributed by atoms with E-state index in [1.54, 1.807) is 6.92 Å². The fraction of sp³-hybridized carbons (Fsp3) is 0.125. The summed E-state index contributed by atoms with van der Waals surface area (Å²) < 4.78 is 31.2. The van der Waals surface area contributed by atoms with Crippen molar-refractivity contribution in [1.29, 1.82) is 0 Å². The van der Waals surface area contributed by atoms with Gasteiger partial charge in [0.2, 0.25) is 5.13 Å². The first-order valence-electron chi connectivity index (χ1n) is 4.87. The molecule has 102 valence electrons. The molecule has 19 heavy (non-hydrogen) atoms. The summed E-state index contributed by atoms with van der Waals surface area (Å²) in [7, 11) is -3.84. The van der Waals surface area contributed by atoms with Gasteiger partial charge in [0.1, 0.15) is 10.7 Å². The van der Waals surface area contributed by atoms with Gasteiger partial charge in [0.15, 0.2) is 5.82 Å². The number of hydrazine groups is 1. The molecule has 2 rings (SSSR count). The van der Waals surface area contributed by atoms with Crippen LogP contribution < -0.4 is 16.0 Å². The Bertz CT molecular complexity index is 701. The Kier molecular flexibility index (Phi) is 3.99. The van der Waals surface area contributed by atoms with E-state index in [9.17, 15) is 8.42 Å². The van der Waals surface area contributed by atoms with E-state index < -0.39 is 10.0 Å². The number of rotatable bonds is 4. The number of anilines is 2. The second-order valence-electron chi connectivity index (χ2n) is 3.40. The lowest BCUT2D eigenvalue weighted by molar-refractivity contribution is 0.601. The van der Waals surface area contributed by atoms with Gasteiger partial charge in [-0.05, 0) is 28.9 Å². The summed E-state index contributed by atoms with van der Waals surface area (Å²) in [5, 5.41) is 0.181. The highest BCUT2D eigenvalue weighted by Crippen LogP contribution is 2.25. The topological polar surface area (TPSA) is 123 Å². The van der Waals surface area contributed by atoms with Gasteiger partial charge in [-0.25, -0.2) is 24.2 Å². The van der Waals surface area contributed by atoms with Crippen LogP contribution in [0.15, 0.2) is 21.6 Å². The number of nitrogen functional groups attached to an aromatic ring is 1. The van der Waals surface area contributed by atoms with Crippen LogP contribution >= 0.6 is 27.5 Å². The molecule has 11 heteroatoms. The second-order valence-corrected chi connectivity index (χ2v) is 6.72. The highest BCUT2D eigenvalue weighted by molar-refractivity contribution is 9.10. The predicted molar refractivity (Wildman–Crippen MR) is 75.2 cm³/mol. The molecule has 0 aliphatic heterocycles. The molecule has 0 unspecified atom stereocenters. The molecule has 0 aliphatic carbocycles. The van der Waals surface area contributed by atoms with E-state index in [-0.39, 0.29) is 15.8 Å². The molecule has 0 aliphatic rings. The summed E-state index contributed by atoms with van der Waals surface area (Å²) in [5.41, 5.74) is 2.24. The van der Waals surface area contributed by atoms with Crippen LogP contribution in [0.25, 0.3) is 0 Å². The van der Waals surface area contributed by atoms with Crippen LogP contribution in [0.3, 0.4) is 0 Å². The average molecular weight is 365 g/mol. The second kappa shape index (κ2) is 5.36. The van der Waals surface area contributed by atoms with Crippen molar-refractivity contribution in [3.05, 3.63) is 22.6 Å². The Hall–Kier alpha value is -1.30. The Morgan fingerprint density at radius 3 is 2.79 bits per heavy atom. The van der Waals surface area contributed by atoms with Gasteiger partial charge >= 0.3 is 0 Å². The molecule has 0 saturated carbocycles. The van der Waals surface area contributed by atoms with Gasteiger partial charge < -0.3 is 5.43 Å². The minimum Gasteiger partial charge on any atom is -0.307 e. The lowest BCUT2D eigenvalue weighted by Crippen LogP contribution is -2.18. The summed E-state index contributed by atoms with van der Waals surface area (Å²) >= 11 is 4.11. The number of hydrogen-bond donors (Lipinski definition) is 3. The van der Waals surface area contributed by atoms with Crippen molar-refractivity contribution in [2.45, 2.75) is 11.8 Å². The van der Waals surface area contributed by atoms with Crippen molar-refractivity contribution in [1.82, 2.24) is 14.3 Å². The maximum atomic E-state index is 12.2. The average Bonchev–Trinajstić information content (AvgIpc) is 2.74. The SMILES string of the molecule is Cc1nsc(NS(=O)(=O)c2cc(Br)cnc2NN)n1. The summed E-state index contributed by atoms with van der Waals surface area (Å²) in [6.07, 6.45) is 1.43. The van der Waals surface area contributed by atoms with E-state index in [4.69, 9.17) is 5.84 Å². The molecule has 8 nitrogen and oxygen atoms in total. The van der Waals surface area contributed by atoms with Crippen LogP contribution in [0, 0.1) is 6.92 Å². The molecule has 0 saturated heterocycles. The maximum absolute atomic E-state index is 12.2. The van der Waals surface area contributed by atoms with Crippen molar-refractivity contribution in [2.75, 3.05) is 10.1 Å². The summed E-state index contributed by atoms with van der Waals surface area (Å²) in [4.78, 5) is 7.72. The molecule has 0 fully saturated rings. The summed E-state index contributed by atoms with van der Waals surface area (Å²) in [5.74, 6) is 5.78. The Balaban J connectivity index is 2.41. The normalized spacial score (nSPS) is 11.3. The lowest BCUT2D eigenvalue weighted by atomic mass is 10.5. The van der Waals surface area contributed by atoms with E-state index in [1.807, 2.05) is 0 Å². The van der Waals surface area contributed by atoms with Crippen LogP contribution in [0.5, 0.6) is 0 Å². The Morgan fingerprint density at radius 1 is 1.47 bits per heavy atom. The maximum Gasteiger partial charge on any atom is 0.267 e. The van der Waals surface area contributed by atoms with Gasteiger partial charge in [-0.15, -0.1) is 0 Å². The predicted octanol–water partition coefficient (Wildman–Crippen LogP) is 1.09. The van der Waals surface area contributed by atoms with Crippen LogP contribution in [-0.4, -0.2) is 22.8 Å². The Morgan fingerprint density at radius 2 is 2.21 bits per heavy atom. The highest BCUT2D eigenvalue weighted by Gasteiger charge is 2.21. The zero-order chi connectivity index (χ0) is 14.0. The molecule has 0 bridgehead atoms. The highest BCUT2D eigenvalue weighted by atomic mass is 79.9. The number of aryl methyl sites for hydroxylation is 1. The molecule has 0 spiro atoms. The van der Waals surface area contributed by atoms with E-state index in [0.717, 1.165) is 11.5 Å². The molecular formula is C8H9BrN6O2S2. The summed E-state index contributed by atoms with van der Waals surface area (Å²) in [6, 6.07) is 1.39. The van der Waals surface area contributed by atoms with Gasteiger partial charge in [-0.3, -0.25) is 4.72 Å². The fourth-order valence-corrected chi connectivity index (χ4v) is 3.67. The zero-order valence-corrected chi connectivity index (χ0v) is 12.8. The molecule has 0 radical (unpaired) electrons. The number of sulfonamides is 1. The lowest BCUT2D eigenvalue weighted by Gasteiger charge is -2.09. The van der Waals surface area contributed by atoms with E-state index in [0.29, 0.717) is 10.3 Å². The minimum absolute atomic E-state index is 0.0388. The molecule has 2 aromatic heterocycles. The Labute approximate surface area is 121 Å². The number of nitrogens with zero attached hydrogens (tertiary/aromatic N) is 3. The molecule has 0 atom stereocenters. The molecule has 2 aromatic rings. The third kappa shape index (κ3) is 3.18. The monoisotopic (exact) mass is 364 g/mol. The minimum atomic E-state index is -3.84. The van der Waals surface area contributed by atoms with Crippen LogP contribution in [-0.2, 0) is 10.0 Å². The van der Waals surface area contributed by atoms with Gasteiger partial charge in [-0.1, -0.05) is 0 Å². The first-order valence-corrected chi connectivity index (χ1v) is 7.92. The number of hydrogen-bond acceptors (Lipinski definition) is 8. The van der Waals surface area contributed by atoms with Crippen molar-refractivity contribution < 1.29 is 8.42 Å². The number of aromatic nitrogens is 3. The third-order valence-electron chi connectivity index (χ3n) is 1.99. The molecule has 2 heterocycles. The molecule has 0 aromatic carbocycles. The smallest absolute Gasteiger partial charge is 0.267 e. The standard InChI is InChI=1S/C8H9BrN6O2S2/c1-4-12-8(18-14-4)15-19(16,17)6-2-5(9)3-11-7(6)13-10/h2-3H,10H2,1H3,(H,11,13)(H,12,14,15). The van der Waals surface area contributed by atoms with Crippen molar-refractivity contribution in [2.24, 2.45) is 5.84 Å². The van der Waals surface area contributed by atoms with Crippen LogP contribution in [0.2, 0.25) is 0 Å². The summed E-state index contributed by atoms with van der Waals surface area (Å²) in [6.45, 7) is 1.67. The first-order chi connectivity index (χ1) is 8.92.